The molecule has 0 bridgehead atoms. The fourth-order valence-corrected chi connectivity index (χ4v) is 6.57. The second-order valence-electron chi connectivity index (χ2n) is 12.0. The normalized spacial score (nSPS) is 22.6. The van der Waals surface area contributed by atoms with Gasteiger partial charge in [0.25, 0.3) is 0 Å². The van der Waals surface area contributed by atoms with Crippen LogP contribution in [0, 0.1) is 5.92 Å². The lowest BCUT2D eigenvalue weighted by molar-refractivity contribution is -0.144. The molecule has 3 heterocycles. The molecule has 222 valence electrons. The minimum Gasteiger partial charge on any atom is -0.493 e. The Morgan fingerprint density at radius 1 is 1.10 bits per heavy atom. The Morgan fingerprint density at radius 2 is 1.88 bits per heavy atom. The fourth-order valence-electron chi connectivity index (χ4n) is 6.57. The Morgan fingerprint density at radius 3 is 2.58 bits per heavy atom. The van der Waals surface area contributed by atoms with Crippen molar-refractivity contribution in [1.82, 2.24) is 19.6 Å². The van der Waals surface area contributed by atoms with Crippen LogP contribution in [0.15, 0.2) is 18.2 Å². The number of rotatable bonds is 15. The molecule has 3 unspecified atom stereocenters. The molecule has 3 aliphatic heterocycles. The Bertz CT molecular complexity index is 1030. The molecule has 9 nitrogen and oxygen atoms in total. The van der Waals surface area contributed by atoms with Crippen molar-refractivity contribution in [3.05, 3.63) is 29.3 Å². The van der Waals surface area contributed by atoms with Crippen LogP contribution in [0.5, 0.6) is 5.75 Å². The van der Waals surface area contributed by atoms with Gasteiger partial charge in [0.15, 0.2) is 0 Å². The zero-order valence-electron chi connectivity index (χ0n) is 24.6. The van der Waals surface area contributed by atoms with E-state index in [0.29, 0.717) is 32.5 Å². The summed E-state index contributed by atoms with van der Waals surface area (Å²) in [6.07, 6.45) is 6.76. The molecule has 1 aromatic rings. The first-order valence-corrected chi connectivity index (χ1v) is 15.2. The molecule has 0 aromatic heterocycles. The molecule has 0 saturated carbocycles. The molecule has 1 aromatic carbocycles. The first kappa shape index (κ1) is 30.3. The van der Waals surface area contributed by atoms with E-state index < -0.39 is 11.9 Å². The average molecular weight is 557 g/mol. The number of amides is 2. The highest BCUT2D eigenvalue weighted by Crippen LogP contribution is 2.41. The van der Waals surface area contributed by atoms with Gasteiger partial charge in [0.05, 0.1) is 19.1 Å². The van der Waals surface area contributed by atoms with Crippen LogP contribution in [-0.2, 0) is 20.8 Å². The van der Waals surface area contributed by atoms with Crippen molar-refractivity contribution < 1.29 is 24.2 Å². The molecular formula is C31H48N4O5. The fraction of sp³-hybridized carbons (Fsp3) is 0.710. The van der Waals surface area contributed by atoms with E-state index in [2.05, 4.69) is 36.9 Å². The lowest BCUT2D eigenvalue weighted by atomic mass is 9.83. The standard InChI is InChI=1S/C31H48N4O5/c1-4-5-15-33(16-7-6-14-32(2)3)29(37)22-35-21-25(23-10-11-27-24(20-23)13-19-40-27)30(31(38)39)26(35)12-18-34-17-8-9-28(34)36/h10-11,20,25-26,30H,4-9,12-19,21-22H2,1-3H3,(H,38,39). The van der Waals surface area contributed by atoms with Crippen molar-refractivity contribution in [2.45, 2.75) is 70.3 Å². The highest BCUT2D eigenvalue weighted by molar-refractivity contribution is 5.79. The highest BCUT2D eigenvalue weighted by atomic mass is 16.5. The number of carbonyl (C=O) groups excluding carboxylic acids is 2. The van der Waals surface area contributed by atoms with Gasteiger partial charge in [-0.2, -0.15) is 0 Å². The number of unbranched alkanes of at least 4 members (excludes halogenated alkanes) is 2. The Balaban J connectivity index is 1.53. The zero-order valence-corrected chi connectivity index (χ0v) is 24.6. The maximum absolute atomic E-state index is 13.7. The van der Waals surface area contributed by atoms with E-state index in [4.69, 9.17) is 4.74 Å². The van der Waals surface area contributed by atoms with Crippen molar-refractivity contribution in [3.63, 3.8) is 0 Å². The number of ether oxygens (including phenoxy) is 1. The van der Waals surface area contributed by atoms with Crippen LogP contribution in [0.1, 0.15) is 68.9 Å². The molecule has 0 spiro atoms. The van der Waals surface area contributed by atoms with E-state index >= 15 is 0 Å². The van der Waals surface area contributed by atoms with Crippen LogP contribution >= 0.6 is 0 Å². The number of benzene rings is 1. The third-order valence-corrected chi connectivity index (χ3v) is 8.80. The summed E-state index contributed by atoms with van der Waals surface area (Å²) in [7, 11) is 4.12. The van der Waals surface area contributed by atoms with Crippen LogP contribution in [0.2, 0.25) is 0 Å². The summed E-state index contributed by atoms with van der Waals surface area (Å²) in [5.74, 6) is -0.597. The van der Waals surface area contributed by atoms with E-state index in [1.807, 2.05) is 21.9 Å². The number of hydrogen-bond donors (Lipinski definition) is 1. The minimum atomic E-state index is -0.832. The molecule has 0 aliphatic carbocycles. The number of aliphatic carboxylic acids is 1. The van der Waals surface area contributed by atoms with E-state index in [-0.39, 0.29) is 30.3 Å². The maximum atomic E-state index is 13.7. The van der Waals surface area contributed by atoms with Gasteiger partial charge in [-0.3, -0.25) is 19.3 Å². The first-order valence-electron chi connectivity index (χ1n) is 15.2. The number of fused-ring (bicyclic) bond motifs is 1. The van der Waals surface area contributed by atoms with Gasteiger partial charge in [0, 0.05) is 57.5 Å². The summed E-state index contributed by atoms with van der Waals surface area (Å²) in [6, 6.07) is 5.75. The SMILES string of the molecule is CCCCN(CCCCN(C)C)C(=O)CN1CC(c2ccc3c(c2)CCO3)C(C(=O)O)C1CCN1CCCC1=O. The summed E-state index contributed by atoms with van der Waals surface area (Å²) in [5.41, 5.74) is 2.12. The molecule has 1 N–H and O–H groups in total. The summed E-state index contributed by atoms with van der Waals surface area (Å²) in [5, 5.41) is 10.5. The Labute approximate surface area is 239 Å². The number of nitrogens with zero attached hydrogens (tertiary/aromatic N) is 4. The number of carbonyl (C=O) groups is 3. The van der Waals surface area contributed by atoms with E-state index in [0.717, 1.165) is 81.6 Å². The Kier molecular flexibility index (Phi) is 10.8. The molecule has 3 atom stereocenters. The van der Waals surface area contributed by atoms with Crippen LogP contribution in [0.3, 0.4) is 0 Å². The molecule has 2 amide bonds. The van der Waals surface area contributed by atoms with E-state index in [1.165, 1.54) is 0 Å². The quantitative estimate of drug-likeness (QED) is 0.332. The molecule has 2 saturated heterocycles. The zero-order chi connectivity index (χ0) is 28.6. The highest BCUT2D eigenvalue weighted by Gasteiger charge is 2.47. The maximum Gasteiger partial charge on any atom is 0.308 e. The summed E-state index contributed by atoms with van der Waals surface area (Å²) < 4.78 is 5.69. The van der Waals surface area contributed by atoms with E-state index in [9.17, 15) is 19.5 Å². The van der Waals surface area contributed by atoms with Gasteiger partial charge in [0.2, 0.25) is 11.8 Å². The van der Waals surface area contributed by atoms with Crippen molar-refractivity contribution in [2.75, 3.05) is 66.5 Å². The molecular weight excluding hydrogens is 508 g/mol. The Hall–Kier alpha value is -2.65. The van der Waals surface area contributed by atoms with Gasteiger partial charge >= 0.3 is 5.97 Å². The topological polar surface area (TPSA) is 93.6 Å². The van der Waals surface area contributed by atoms with Crippen molar-refractivity contribution in [1.29, 1.82) is 0 Å². The second-order valence-corrected chi connectivity index (χ2v) is 12.0. The van der Waals surface area contributed by atoms with Crippen molar-refractivity contribution in [2.24, 2.45) is 5.92 Å². The lowest BCUT2D eigenvalue weighted by Gasteiger charge is -2.31. The van der Waals surface area contributed by atoms with Crippen LogP contribution < -0.4 is 4.74 Å². The third-order valence-electron chi connectivity index (χ3n) is 8.80. The summed E-state index contributed by atoms with van der Waals surface area (Å²) in [4.78, 5) is 46.9. The van der Waals surface area contributed by atoms with Gasteiger partial charge in [-0.15, -0.1) is 0 Å². The predicted octanol–water partition coefficient (Wildman–Crippen LogP) is 3.07. The monoisotopic (exact) mass is 556 g/mol. The largest absolute Gasteiger partial charge is 0.493 e. The molecule has 4 rings (SSSR count). The predicted molar refractivity (Wildman–Crippen MR) is 155 cm³/mol. The van der Waals surface area contributed by atoms with Crippen LogP contribution in [0.25, 0.3) is 0 Å². The summed E-state index contributed by atoms with van der Waals surface area (Å²) in [6.45, 7) is 7.23. The van der Waals surface area contributed by atoms with Crippen molar-refractivity contribution >= 4 is 17.8 Å². The molecule has 9 heteroatoms. The van der Waals surface area contributed by atoms with Crippen LogP contribution in [-0.4, -0.2) is 115 Å². The van der Waals surface area contributed by atoms with E-state index in [1.54, 1.807) is 0 Å². The van der Waals surface area contributed by atoms with Crippen LogP contribution in [0.4, 0.5) is 0 Å². The molecule has 2 fully saturated rings. The van der Waals surface area contributed by atoms with Gasteiger partial charge in [-0.25, -0.2) is 0 Å². The average Bonchev–Trinajstić information content (AvgIpc) is 3.64. The van der Waals surface area contributed by atoms with Crippen molar-refractivity contribution in [3.8, 4) is 5.75 Å². The van der Waals surface area contributed by atoms with Gasteiger partial charge in [0.1, 0.15) is 5.75 Å². The third kappa shape index (κ3) is 7.55. The number of carboxylic acids is 1. The van der Waals surface area contributed by atoms with Gasteiger partial charge in [-0.05, 0) is 69.9 Å². The van der Waals surface area contributed by atoms with Gasteiger partial charge < -0.3 is 24.5 Å². The first-order chi connectivity index (χ1) is 19.3. The molecule has 3 aliphatic rings. The summed E-state index contributed by atoms with van der Waals surface area (Å²) >= 11 is 0. The lowest BCUT2D eigenvalue weighted by Crippen LogP contribution is -2.45. The number of carboxylic acid groups (broad SMARTS) is 1. The number of likely N-dealkylation sites (tertiary alicyclic amines) is 2. The number of hydrogen-bond acceptors (Lipinski definition) is 6. The second kappa shape index (κ2) is 14.3. The minimum absolute atomic E-state index is 0.0766. The smallest absolute Gasteiger partial charge is 0.308 e. The molecule has 0 radical (unpaired) electrons. The molecule has 40 heavy (non-hydrogen) atoms. The van der Waals surface area contributed by atoms with Gasteiger partial charge in [-0.1, -0.05) is 25.5 Å².